The van der Waals surface area contributed by atoms with E-state index in [9.17, 15) is 0 Å². The van der Waals surface area contributed by atoms with E-state index in [1.165, 1.54) is 24.4 Å². The molecule has 0 radical (unpaired) electrons. The third-order valence-electron chi connectivity index (χ3n) is 3.08. The van der Waals surface area contributed by atoms with Gasteiger partial charge in [-0.25, -0.2) is 4.98 Å². The number of hydrogen-bond donors (Lipinski definition) is 1. The summed E-state index contributed by atoms with van der Waals surface area (Å²) in [5.41, 5.74) is 0.0404. The second-order valence-electron chi connectivity index (χ2n) is 4.49. The van der Waals surface area contributed by atoms with Crippen molar-refractivity contribution in [3.05, 3.63) is 6.33 Å². The average molecular weight is 246 g/mol. The first kappa shape index (κ1) is 11.1. The quantitative estimate of drug-likeness (QED) is 0.832. The fraction of sp³-hybridized carbons (Fsp3) is 0.800. The highest BCUT2D eigenvalue weighted by molar-refractivity contribution is 7.09. The molecule has 0 spiro atoms. The van der Waals surface area contributed by atoms with Crippen LogP contribution < -0.4 is 5.32 Å². The lowest BCUT2D eigenvalue weighted by atomic mass is 9.77. The molecule has 2 rings (SSSR count). The van der Waals surface area contributed by atoms with Crippen LogP contribution >= 0.6 is 23.1 Å². The standard InChI is InChI=1S/C10H16ClN3S/c1-8-3-2-4-10(5-8,6-11)14-9-12-7-13-15-9/h7-8H,2-6H2,1H3,(H,12,13,14). The molecule has 1 fully saturated rings. The Bertz CT molecular complexity index is 304. The van der Waals surface area contributed by atoms with Crippen molar-refractivity contribution in [3.8, 4) is 0 Å². The normalized spacial score (nSPS) is 31.5. The van der Waals surface area contributed by atoms with E-state index >= 15 is 0 Å². The summed E-state index contributed by atoms with van der Waals surface area (Å²) in [5.74, 6) is 1.40. The van der Waals surface area contributed by atoms with Gasteiger partial charge in [-0.2, -0.15) is 4.37 Å². The van der Waals surface area contributed by atoms with Crippen LogP contribution in [-0.4, -0.2) is 20.8 Å². The fourth-order valence-electron chi connectivity index (χ4n) is 2.38. The van der Waals surface area contributed by atoms with E-state index in [1.54, 1.807) is 6.33 Å². The Labute approximate surface area is 99.4 Å². The van der Waals surface area contributed by atoms with Gasteiger partial charge in [0.15, 0.2) is 0 Å². The average Bonchev–Trinajstić information content (AvgIpc) is 2.70. The van der Waals surface area contributed by atoms with Crippen LogP contribution in [0.25, 0.3) is 0 Å². The monoisotopic (exact) mass is 245 g/mol. The van der Waals surface area contributed by atoms with Crippen molar-refractivity contribution >= 4 is 28.3 Å². The molecule has 1 heterocycles. The maximum atomic E-state index is 6.11. The van der Waals surface area contributed by atoms with Gasteiger partial charge in [-0.1, -0.05) is 19.8 Å². The highest BCUT2D eigenvalue weighted by Crippen LogP contribution is 2.35. The number of anilines is 1. The van der Waals surface area contributed by atoms with Crippen molar-refractivity contribution in [1.29, 1.82) is 0 Å². The summed E-state index contributed by atoms with van der Waals surface area (Å²) in [7, 11) is 0. The summed E-state index contributed by atoms with van der Waals surface area (Å²) in [6.07, 6.45) is 6.42. The van der Waals surface area contributed by atoms with Gasteiger partial charge in [-0.05, 0) is 18.8 Å². The molecule has 1 saturated carbocycles. The molecule has 84 valence electrons. The zero-order chi connectivity index (χ0) is 10.7. The van der Waals surface area contributed by atoms with Gasteiger partial charge < -0.3 is 5.32 Å². The number of nitrogens with one attached hydrogen (secondary N) is 1. The minimum atomic E-state index is 0.0404. The Kier molecular flexibility index (Phi) is 3.46. The van der Waals surface area contributed by atoms with Crippen LogP contribution in [0.5, 0.6) is 0 Å². The molecule has 2 unspecified atom stereocenters. The topological polar surface area (TPSA) is 37.8 Å². The van der Waals surface area contributed by atoms with Crippen molar-refractivity contribution in [1.82, 2.24) is 9.36 Å². The highest BCUT2D eigenvalue weighted by Gasteiger charge is 2.34. The summed E-state index contributed by atoms with van der Waals surface area (Å²) in [4.78, 5) is 4.17. The zero-order valence-corrected chi connectivity index (χ0v) is 10.4. The number of nitrogens with zero attached hydrogens (tertiary/aromatic N) is 2. The molecular formula is C10H16ClN3S. The minimum absolute atomic E-state index is 0.0404. The van der Waals surface area contributed by atoms with Gasteiger partial charge in [0.05, 0.1) is 5.54 Å². The van der Waals surface area contributed by atoms with Crippen molar-refractivity contribution in [2.75, 3.05) is 11.2 Å². The first-order valence-electron chi connectivity index (χ1n) is 5.35. The summed E-state index contributed by atoms with van der Waals surface area (Å²) in [6.45, 7) is 2.29. The van der Waals surface area contributed by atoms with E-state index < -0.39 is 0 Å². The van der Waals surface area contributed by atoms with Crippen LogP contribution in [0.3, 0.4) is 0 Å². The Hall–Kier alpha value is -0.350. The SMILES string of the molecule is CC1CCCC(CCl)(Nc2ncns2)C1. The van der Waals surface area contributed by atoms with Crippen LogP contribution in [0.15, 0.2) is 6.33 Å². The molecule has 0 amide bonds. The van der Waals surface area contributed by atoms with Crippen molar-refractivity contribution in [3.63, 3.8) is 0 Å². The number of hydrogen-bond acceptors (Lipinski definition) is 4. The van der Waals surface area contributed by atoms with Crippen molar-refractivity contribution in [2.45, 2.75) is 38.1 Å². The molecule has 0 saturated heterocycles. The van der Waals surface area contributed by atoms with E-state index in [4.69, 9.17) is 11.6 Å². The van der Waals surface area contributed by atoms with E-state index in [1.807, 2.05) is 0 Å². The summed E-state index contributed by atoms with van der Waals surface area (Å²) in [5, 5.41) is 4.36. The van der Waals surface area contributed by atoms with Gasteiger partial charge in [0.25, 0.3) is 0 Å². The second kappa shape index (κ2) is 4.66. The molecule has 5 heteroatoms. The largest absolute Gasteiger partial charge is 0.354 e. The van der Waals surface area contributed by atoms with Crippen LogP contribution in [0, 0.1) is 5.92 Å². The third kappa shape index (κ3) is 2.61. The van der Waals surface area contributed by atoms with Gasteiger partial charge in [0.1, 0.15) is 6.33 Å². The third-order valence-corrected chi connectivity index (χ3v) is 4.17. The predicted molar refractivity (Wildman–Crippen MR) is 64.6 cm³/mol. The lowest BCUT2D eigenvalue weighted by Gasteiger charge is -2.39. The predicted octanol–water partition coefficient (Wildman–Crippen LogP) is 3.14. The van der Waals surface area contributed by atoms with E-state index in [0.29, 0.717) is 5.88 Å². The Morgan fingerprint density at radius 1 is 1.73 bits per heavy atom. The Balaban J connectivity index is 2.07. The number of halogens is 1. The van der Waals surface area contributed by atoms with Crippen LogP contribution in [0.4, 0.5) is 5.13 Å². The highest BCUT2D eigenvalue weighted by atomic mass is 35.5. The van der Waals surface area contributed by atoms with E-state index in [0.717, 1.165) is 23.9 Å². The molecule has 1 aromatic heterocycles. The molecule has 1 N–H and O–H groups in total. The first-order valence-corrected chi connectivity index (χ1v) is 6.66. The summed E-state index contributed by atoms with van der Waals surface area (Å²) >= 11 is 7.51. The summed E-state index contributed by atoms with van der Waals surface area (Å²) < 4.78 is 4.00. The van der Waals surface area contributed by atoms with Gasteiger partial charge in [0, 0.05) is 17.4 Å². The van der Waals surface area contributed by atoms with E-state index in [2.05, 4.69) is 21.6 Å². The Morgan fingerprint density at radius 2 is 2.60 bits per heavy atom. The molecule has 2 atom stereocenters. The lowest BCUT2D eigenvalue weighted by Crippen LogP contribution is -2.44. The zero-order valence-electron chi connectivity index (χ0n) is 8.87. The van der Waals surface area contributed by atoms with Gasteiger partial charge in [-0.15, -0.1) is 11.6 Å². The van der Waals surface area contributed by atoms with Gasteiger partial charge >= 0.3 is 0 Å². The fourth-order valence-corrected chi connectivity index (χ4v) is 3.24. The van der Waals surface area contributed by atoms with Crippen LogP contribution in [-0.2, 0) is 0 Å². The van der Waals surface area contributed by atoms with Crippen molar-refractivity contribution in [2.24, 2.45) is 5.92 Å². The maximum absolute atomic E-state index is 6.11. The van der Waals surface area contributed by atoms with Gasteiger partial charge in [0.2, 0.25) is 5.13 Å². The molecule has 0 aliphatic heterocycles. The minimum Gasteiger partial charge on any atom is -0.354 e. The Morgan fingerprint density at radius 3 is 3.20 bits per heavy atom. The molecule has 0 aromatic carbocycles. The van der Waals surface area contributed by atoms with Crippen LogP contribution in [0.1, 0.15) is 32.6 Å². The maximum Gasteiger partial charge on any atom is 0.202 e. The lowest BCUT2D eigenvalue weighted by molar-refractivity contribution is 0.279. The molecule has 0 bridgehead atoms. The molecule has 3 nitrogen and oxygen atoms in total. The summed E-state index contributed by atoms with van der Waals surface area (Å²) in [6, 6.07) is 0. The molecular weight excluding hydrogens is 230 g/mol. The van der Waals surface area contributed by atoms with Gasteiger partial charge in [-0.3, -0.25) is 0 Å². The van der Waals surface area contributed by atoms with Crippen molar-refractivity contribution < 1.29 is 0 Å². The molecule has 1 aliphatic carbocycles. The number of aromatic nitrogens is 2. The second-order valence-corrected chi connectivity index (χ2v) is 5.53. The molecule has 1 aromatic rings. The molecule has 15 heavy (non-hydrogen) atoms. The number of rotatable bonds is 3. The first-order chi connectivity index (χ1) is 7.24. The van der Waals surface area contributed by atoms with Crippen LogP contribution in [0.2, 0.25) is 0 Å². The number of alkyl halides is 1. The van der Waals surface area contributed by atoms with E-state index in [-0.39, 0.29) is 5.54 Å². The smallest absolute Gasteiger partial charge is 0.202 e. The molecule has 1 aliphatic rings.